The maximum atomic E-state index is 13.2. The molecule has 0 radical (unpaired) electrons. The highest BCUT2D eigenvalue weighted by Crippen LogP contribution is 2.31. The van der Waals surface area contributed by atoms with E-state index in [0.717, 1.165) is 10.8 Å². The fraction of sp³-hybridized carbons (Fsp3) is 0.385. The van der Waals surface area contributed by atoms with Crippen LogP contribution < -0.4 is 4.74 Å². The van der Waals surface area contributed by atoms with Gasteiger partial charge in [0, 0.05) is 19.2 Å². The van der Waals surface area contributed by atoms with E-state index in [-0.39, 0.29) is 35.4 Å². The van der Waals surface area contributed by atoms with E-state index in [2.05, 4.69) is 20.2 Å². The van der Waals surface area contributed by atoms with Crippen molar-refractivity contribution in [3.8, 4) is 5.88 Å². The van der Waals surface area contributed by atoms with Crippen molar-refractivity contribution in [3.05, 3.63) is 24.2 Å². The van der Waals surface area contributed by atoms with Crippen LogP contribution in [0.5, 0.6) is 5.88 Å². The predicted molar refractivity (Wildman–Crippen MR) is 70.9 cm³/mol. The standard InChI is InChI=1S/C13H10F3N5O2/c14-13(15,16)12-20-19-10-11(23-6-7-3-5-22-7)18-8-2-1-4-17-9(8)21(10)12/h1-2,4,7H,3,5-6H2. The molecule has 7 nitrogen and oxygen atoms in total. The fourth-order valence-electron chi connectivity index (χ4n) is 2.30. The summed E-state index contributed by atoms with van der Waals surface area (Å²) in [4.78, 5) is 8.16. The molecular weight excluding hydrogens is 315 g/mol. The van der Waals surface area contributed by atoms with E-state index in [0.29, 0.717) is 6.61 Å². The summed E-state index contributed by atoms with van der Waals surface area (Å²) in [5, 5.41) is 6.82. The Balaban J connectivity index is 1.89. The molecule has 0 aliphatic carbocycles. The number of aromatic nitrogens is 5. The van der Waals surface area contributed by atoms with E-state index in [1.807, 2.05) is 0 Å². The van der Waals surface area contributed by atoms with E-state index >= 15 is 0 Å². The highest BCUT2D eigenvalue weighted by molar-refractivity contribution is 5.76. The molecule has 1 aliphatic rings. The largest absolute Gasteiger partial charge is 0.472 e. The molecule has 1 fully saturated rings. The Bertz CT molecular complexity index is 875. The third-order valence-corrected chi connectivity index (χ3v) is 3.51. The van der Waals surface area contributed by atoms with Crippen LogP contribution in [0.2, 0.25) is 0 Å². The van der Waals surface area contributed by atoms with Gasteiger partial charge in [0.1, 0.15) is 12.1 Å². The zero-order valence-corrected chi connectivity index (χ0v) is 11.6. The second kappa shape index (κ2) is 5.01. The lowest BCUT2D eigenvalue weighted by atomic mass is 10.2. The normalized spacial score (nSPS) is 18.3. The van der Waals surface area contributed by atoms with Gasteiger partial charge >= 0.3 is 6.18 Å². The average Bonchev–Trinajstić information content (AvgIpc) is 2.91. The van der Waals surface area contributed by atoms with Crippen molar-refractivity contribution < 1.29 is 22.6 Å². The van der Waals surface area contributed by atoms with Gasteiger partial charge in [-0.2, -0.15) is 13.2 Å². The number of alkyl halides is 3. The van der Waals surface area contributed by atoms with Crippen LogP contribution in [-0.2, 0) is 10.9 Å². The summed E-state index contributed by atoms with van der Waals surface area (Å²) >= 11 is 0. The molecule has 0 aromatic carbocycles. The third kappa shape index (κ3) is 2.34. The lowest BCUT2D eigenvalue weighted by Crippen LogP contribution is -2.32. The van der Waals surface area contributed by atoms with Crippen LogP contribution in [0.15, 0.2) is 18.3 Å². The summed E-state index contributed by atoms with van der Waals surface area (Å²) < 4.78 is 51.0. The number of ether oxygens (including phenoxy) is 2. The topological polar surface area (TPSA) is 74.4 Å². The van der Waals surface area contributed by atoms with E-state index in [4.69, 9.17) is 9.47 Å². The van der Waals surface area contributed by atoms with Crippen molar-refractivity contribution >= 4 is 16.8 Å². The Morgan fingerprint density at radius 3 is 2.83 bits per heavy atom. The molecule has 0 amide bonds. The highest BCUT2D eigenvalue weighted by Gasteiger charge is 2.38. The Hall–Kier alpha value is -2.49. The summed E-state index contributed by atoms with van der Waals surface area (Å²) in [5.41, 5.74) is 0.157. The number of nitrogens with zero attached hydrogens (tertiary/aromatic N) is 5. The number of halogens is 3. The van der Waals surface area contributed by atoms with Gasteiger partial charge in [0.05, 0.1) is 6.10 Å². The molecule has 1 unspecified atom stereocenters. The van der Waals surface area contributed by atoms with Crippen molar-refractivity contribution in [2.45, 2.75) is 18.7 Å². The number of rotatable bonds is 3. The first-order chi connectivity index (χ1) is 11.0. The molecule has 0 N–H and O–H groups in total. The fourth-order valence-corrected chi connectivity index (χ4v) is 2.30. The third-order valence-electron chi connectivity index (χ3n) is 3.51. The van der Waals surface area contributed by atoms with E-state index in [9.17, 15) is 13.2 Å². The zero-order chi connectivity index (χ0) is 16.0. The van der Waals surface area contributed by atoms with Gasteiger partial charge < -0.3 is 9.47 Å². The number of hydrogen-bond acceptors (Lipinski definition) is 6. The molecule has 1 saturated heterocycles. The molecule has 4 heterocycles. The summed E-state index contributed by atoms with van der Waals surface area (Å²) in [7, 11) is 0. The average molecular weight is 325 g/mol. The first-order valence-electron chi connectivity index (χ1n) is 6.85. The van der Waals surface area contributed by atoms with E-state index < -0.39 is 12.0 Å². The first kappa shape index (κ1) is 14.1. The molecule has 10 heteroatoms. The van der Waals surface area contributed by atoms with Crippen LogP contribution in [0.1, 0.15) is 12.2 Å². The van der Waals surface area contributed by atoms with Crippen molar-refractivity contribution in [3.63, 3.8) is 0 Å². The second-order valence-corrected chi connectivity index (χ2v) is 5.04. The van der Waals surface area contributed by atoms with Crippen LogP contribution in [0.4, 0.5) is 13.2 Å². The Labute approximate surface area is 127 Å². The van der Waals surface area contributed by atoms with E-state index in [1.54, 1.807) is 12.1 Å². The smallest absolute Gasteiger partial charge is 0.452 e. The molecule has 23 heavy (non-hydrogen) atoms. The minimum Gasteiger partial charge on any atom is -0.472 e. The van der Waals surface area contributed by atoms with Gasteiger partial charge in [-0.3, -0.25) is 0 Å². The Morgan fingerprint density at radius 2 is 2.13 bits per heavy atom. The molecular formula is C13H10F3N5O2. The molecule has 0 spiro atoms. The van der Waals surface area contributed by atoms with Gasteiger partial charge in [0.15, 0.2) is 5.65 Å². The lowest BCUT2D eigenvalue weighted by molar-refractivity contribution is -0.145. The molecule has 120 valence electrons. The van der Waals surface area contributed by atoms with Gasteiger partial charge in [-0.15, -0.1) is 10.2 Å². The first-order valence-corrected chi connectivity index (χ1v) is 6.85. The maximum absolute atomic E-state index is 13.2. The summed E-state index contributed by atoms with van der Waals surface area (Å²) in [6.45, 7) is 0.851. The van der Waals surface area contributed by atoms with Crippen LogP contribution in [0.3, 0.4) is 0 Å². The Morgan fingerprint density at radius 1 is 1.30 bits per heavy atom. The minimum absolute atomic E-state index is 0.0204. The quantitative estimate of drug-likeness (QED) is 0.732. The molecule has 1 atom stereocenters. The number of hydrogen-bond donors (Lipinski definition) is 0. The minimum atomic E-state index is -4.67. The predicted octanol–water partition coefficient (Wildman–Crippen LogP) is 1.86. The van der Waals surface area contributed by atoms with Gasteiger partial charge in [-0.1, -0.05) is 0 Å². The van der Waals surface area contributed by atoms with Crippen molar-refractivity contribution in [2.75, 3.05) is 13.2 Å². The van der Waals surface area contributed by atoms with E-state index in [1.165, 1.54) is 6.20 Å². The summed E-state index contributed by atoms with van der Waals surface area (Å²) in [5.74, 6) is -1.19. The van der Waals surface area contributed by atoms with Crippen molar-refractivity contribution in [1.82, 2.24) is 24.6 Å². The molecule has 0 saturated carbocycles. The molecule has 1 aliphatic heterocycles. The van der Waals surface area contributed by atoms with Crippen LogP contribution in [0, 0.1) is 0 Å². The van der Waals surface area contributed by atoms with Crippen LogP contribution >= 0.6 is 0 Å². The molecule has 3 aromatic heterocycles. The van der Waals surface area contributed by atoms with Gasteiger partial charge in [0.2, 0.25) is 11.5 Å². The SMILES string of the molecule is FC(F)(F)c1nnc2c(OCC3CCO3)nc3cccnc3n12. The monoisotopic (exact) mass is 325 g/mol. The Kier molecular flexibility index (Phi) is 3.08. The van der Waals surface area contributed by atoms with Gasteiger partial charge in [-0.05, 0) is 12.1 Å². The van der Waals surface area contributed by atoms with Gasteiger partial charge in [-0.25, -0.2) is 14.4 Å². The summed E-state index contributed by atoms with van der Waals surface area (Å²) in [6, 6.07) is 3.13. The van der Waals surface area contributed by atoms with Crippen molar-refractivity contribution in [1.29, 1.82) is 0 Å². The van der Waals surface area contributed by atoms with Crippen molar-refractivity contribution in [2.24, 2.45) is 0 Å². The zero-order valence-electron chi connectivity index (χ0n) is 11.6. The molecule has 4 rings (SSSR count). The second-order valence-electron chi connectivity index (χ2n) is 5.04. The molecule has 3 aromatic rings. The number of fused-ring (bicyclic) bond motifs is 3. The summed E-state index contributed by atoms with van der Waals surface area (Å²) in [6.07, 6.45) is -2.52. The number of pyridine rings is 1. The maximum Gasteiger partial charge on any atom is 0.452 e. The lowest BCUT2D eigenvalue weighted by Gasteiger charge is -2.25. The van der Waals surface area contributed by atoms with Gasteiger partial charge in [0.25, 0.3) is 5.88 Å². The van der Waals surface area contributed by atoms with Crippen LogP contribution in [-0.4, -0.2) is 43.9 Å². The molecule has 0 bridgehead atoms. The highest BCUT2D eigenvalue weighted by atomic mass is 19.4. The van der Waals surface area contributed by atoms with Crippen LogP contribution in [0.25, 0.3) is 16.8 Å².